The molecule has 0 saturated carbocycles. The lowest BCUT2D eigenvalue weighted by Crippen LogP contribution is -2.35. The molecule has 29 heavy (non-hydrogen) atoms. The zero-order chi connectivity index (χ0) is 21.1. The molecule has 0 heterocycles. The van der Waals surface area contributed by atoms with Crippen LogP contribution >= 0.6 is 11.6 Å². The maximum absolute atomic E-state index is 12.6. The van der Waals surface area contributed by atoms with E-state index in [1.54, 1.807) is 60.7 Å². The average molecular weight is 415 g/mol. The molecule has 6 nitrogen and oxygen atoms in total. The maximum Gasteiger partial charge on any atom is 0.303 e. The molecule has 0 saturated heterocycles. The Morgan fingerprint density at radius 3 is 2.28 bits per heavy atom. The van der Waals surface area contributed by atoms with Gasteiger partial charge in [0.25, 0.3) is 11.8 Å². The molecule has 0 aliphatic heterocycles. The van der Waals surface area contributed by atoms with Crippen LogP contribution in [0.25, 0.3) is 6.08 Å². The monoisotopic (exact) mass is 414 g/mol. The summed E-state index contributed by atoms with van der Waals surface area (Å²) in [5.41, 5.74) is 1.28. The normalized spacial score (nSPS) is 11.0. The Morgan fingerprint density at radius 2 is 1.62 bits per heavy atom. The molecule has 0 fully saturated rings. The highest BCUT2D eigenvalue weighted by Gasteiger charge is 2.14. The number of nitrogens with one attached hydrogen (secondary N) is 2. The predicted molar refractivity (Wildman–Crippen MR) is 112 cm³/mol. The fourth-order valence-corrected chi connectivity index (χ4v) is 2.67. The van der Waals surface area contributed by atoms with Crippen molar-refractivity contribution < 1.29 is 19.5 Å². The lowest BCUT2D eigenvalue weighted by Gasteiger charge is -2.11. The first kappa shape index (κ1) is 22.2. The van der Waals surface area contributed by atoms with Crippen molar-refractivity contribution in [2.45, 2.75) is 25.7 Å². The molecule has 0 aliphatic carbocycles. The first-order chi connectivity index (χ1) is 14.0. The van der Waals surface area contributed by atoms with Crippen LogP contribution in [0.3, 0.4) is 0 Å². The quantitative estimate of drug-likeness (QED) is 0.406. The van der Waals surface area contributed by atoms with Gasteiger partial charge in [-0.15, -0.1) is 0 Å². The minimum atomic E-state index is -0.828. The second kappa shape index (κ2) is 11.7. The Bertz CT molecular complexity index is 864. The Hall–Kier alpha value is -3.12. The minimum Gasteiger partial charge on any atom is -0.481 e. The molecule has 0 aromatic heterocycles. The third-order valence-electron chi connectivity index (χ3n) is 4.06. The van der Waals surface area contributed by atoms with Crippen LogP contribution in [0.5, 0.6) is 0 Å². The third kappa shape index (κ3) is 8.19. The van der Waals surface area contributed by atoms with Gasteiger partial charge in [0.2, 0.25) is 0 Å². The summed E-state index contributed by atoms with van der Waals surface area (Å²) in [5, 5.41) is 14.6. The first-order valence-electron chi connectivity index (χ1n) is 9.29. The van der Waals surface area contributed by atoms with Crippen molar-refractivity contribution in [3.05, 3.63) is 76.4 Å². The van der Waals surface area contributed by atoms with Crippen LogP contribution in [0, 0.1) is 0 Å². The molecule has 0 atom stereocenters. The predicted octanol–water partition coefficient (Wildman–Crippen LogP) is 3.87. The molecule has 2 aromatic carbocycles. The van der Waals surface area contributed by atoms with Crippen LogP contribution < -0.4 is 10.6 Å². The molecule has 2 rings (SSSR count). The highest BCUT2D eigenvalue weighted by atomic mass is 35.5. The van der Waals surface area contributed by atoms with E-state index in [-0.39, 0.29) is 18.0 Å². The maximum atomic E-state index is 12.6. The lowest BCUT2D eigenvalue weighted by atomic mass is 10.1. The van der Waals surface area contributed by atoms with Crippen molar-refractivity contribution in [3.63, 3.8) is 0 Å². The Balaban J connectivity index is 2.03. The summed E-state index contributed by atoms with van der Waals surface area (Å²) in [6.45, 7) is 0.387. The Morgan fingerprint density at radius 1 is 0.931 bits per heavy atom. The fourth-order valence-electron chi connectivity index (χ4n) is 2.54. The third-order valence-corrected chi connectivity index (χ3v) is 4.31. The number of benzene rings is 2. The number of unbranched alkanes of at least 4 members (excludes halogenated alkanes) is 2. The van der Waals surface area contributed by atoms with E-state index in [4.69, 9.17) is 16.7 Å². The number of hydrogen-bond donors (Lipinski definition) is 3. The van der Waals surface area contributed by atoms with Crippen LogP contribution in [0.4, 0.5) is 0 Å². The van der Waals surface area contributed by atoms with Crippen molar-refractivity contribution >= 4 is 35.5 Å². The van der Waals surface area contributed by atoms with Crippen LogP contribution in [0.2, 0.25) is 5.02 Å². The number of amides is 2. The van der Waals surface area contributed by atoms with Gasteiger partial charge < -0.3 is 15.7 Å². The van der Waals surface area contributed by atoms with Gasteiger partial charge in [-0.1, -0.05) is 48.4 Å². The van der Waals surface area contributed by atoms with E-state index in [9.17, 15) is 14.4 Å². The summed E-state index contributed by atoms with van der Waals surface area (Å²) in [4.78, 5) is 35.6. The van der Waals surface area contributed by atoms with Gasteiger partial charge in [-0.05, 0) is 48.7 Å². The Labute approximate surface area is 174 Å². The van der Waals surface area contributed by atoms with Crippen molar-refractivity contribution in [2.24, 2.45) is 0 Å². The second-order valence-electron chi connectivity index (χ2n) is 6.39. The zero-order valence-corrected chi connectivity index (χ0v) is 16.6. The number of rotatable bonds is 10. The molecule has 0 unspecified atom stereocenters. The largest absolute Gasteiger partial charge is 0.481 e. The number of hydrogen-bond acceptors (Lipinski definition) is 3. The summed E-state index contributed by atoms with van der Waals surface area (Å²) in [6, 6.07) is 15.5. The van der Waals surface area contributed by atoms with Crippen LogP contribution in [0.1, 0.15) is 41.6 Å². The average Bonchev–Trinajstić information content (AvgIpc) is 2.71. The molecule has 0 spiro atoms. The van der Waals surface area contributed by atoms with Crippen molar-refractivity contribution in [3.8, 4) is 0 Å². The van der Waals surface area contributed by atoms with Crippen molar-refractivity contribution in [1.82, 2.24) is 10.6 Å². The highest BCUT2D eigenvalue weighted by Crippen LogP contribution is 2.12. The second-order valence-corrected chi connectivity index (χ2v) is 6.83. The number of carboxylic acids is 1. The van der Waals surface area contributed by atoms with Gasteiger partial charge in [-0.2, -0.15) is 0 Å². The number of carboxylic acid groups (broad SMARTS) is 1. The van der Waals surface area contributed by atoms with Gasteiger partial charge >= 0.3 is 5.97 Å². The fraction of sp³-hybridized carbons (Fsp3) is 0.227. The summed E-state index contributed by atoms with van der Waals surface area (Å²) in [5.74, 6) is -1.63. The lowest BCUT2D eigenvalue weighted by molar-refractivity contribution is -0.137. The number of aliphatic carboxylic acids is 1. The smallest absolute Gasteiger partial charge is 0.303 e. The van der Waals surface area contributed by atoms with E-state index in [1.165, 1.54) is 0 Å². The van der Waals surface area contributed by atoms with Gasteiger partial charge in [0, 0.05) is 23.6 Å². The van der Waals surface area contributed by atoms with Gasteiger partial charge in [0.05, 0.1) is 0 Å². The van der Waals surface area contributed by atoms with E-state index in [0.29, 0.717) is 36.4 Å². The van der Waals surface area contributed by atoms with E-state index in [2.05, 4.69) is 10.6 Å². The first-order valence-corrected chi connectivity index (χ1v) is 9.67. The van der Waals surface area contributed by atoms with E-state index >= 15 is 0 Å². The van der Waals surface area contributed by atoms with Crippen LogP contribution in [-0.4, -0.2) is 29.4 Å². The van der Waals surface area contributed by atoms with E-state index in [1.807, 2.05) is 0 Å². The summed E-state index contributed by atoms with van der Waals surface area (Å²) >= 11 is 5.90. The van der Waals surface area contributed by atoms with E-state index in [0.717, 1.165) is 5.56 Å². The molecule has 2 amide bonds. The summed E-state index contributed by atoms with van der Waals surface area (Å²) < 4.78 is 0. The minimum absolute atomic E-state index is 0.114. The molecule has 7 heteroatoms. The number of carbonyl (C=O) groups is 3. The van der Waals surface area contributed by atoms with Crippen molar-refractivity contribution in [2.75, 3.05) is 6.54 Å². The van der Waals surface area contributed by atoms with Gasteiger partial charge in [0.15, 0.2) is 0 Å². The molecule has 2 aromatic rings. The van der Waals surface area contributed by atoms with E-state index < -0.39 is 11.9 Å². The molecular formula is C22H23ClN2O4. The molecular weight excluding hydrogens is 392 g/mol. The van der Waals surface area contributed by atoms with Crippen LogP contribution in [0.15, 0.2) is 60.3 Å². The molecule has 0 radical (unpaired) electrons. The summed E-state index contributed by atoms with van der Waals surface area (Å²) in [6.07, 6.45) is 3.60. The number of carbonyl (C=O) groups excluding carboxylic acids is 2. The van der Waals surface area contributed by atoms with Gasteiger partial charge in [-0.25, -0.2) is 0 Å². The standard InChI is InChI=1S/C22H23ClN2O4/c23-18-12-10-16(11-13-18)15-19(25-21(28)17-7-3-1-4-8-17)22(29)24-14-6-2-5-9-20(26)27/h1,3-4,7-8,10-13,15H,2,5-6,9,14H2,(H,24,29)(H,25,28)(H,26,27)/b19-15-. The Kier molecular flexibility index (Phi) is 8.92. The molecule has 3 N–H and O–H groups in total. The van der Waals surface area contributed by atoms with Gasteiger partial charge in [0.1, 0.15) is 5.70 Å². The molecule has 152 valence electrons. The van der Waals surface area contributed by atoms with Crippen molar-refractivity contribution in [1.29, 1.82) is 0 Å². The molecule has 0 aliphatic rings. The number of halogens is 1. The van der Waals surface area contributed by atoms with Crippen LogP contribution in [-0.2, 0) is 9.59 Å². The molecule has 0 bridgehead atoms. The van der Waals surface area contributed by atoms with Gasteiger partial charge in [-0.3, -0.25) is 14.4 Å². The zero-order valence-electron chi connectivity index (χ0n) is 15.9. The SMILES string of the molecule is O=C(O)CCCCCNC(=O)/C(=C/c1ccc(Cl)cc1)NC(=O)c1ccccc1. The topological polar surface area (TPSA) is 95.5 Å². The highest BCUT2D eigenvalue weighted by molar-refractivity contribution is 6.30. The summed E-state index contributed by atoms with van der Waals surface area (Å²) in [7, 11) is 0.